The number of hydrogen-bond acceptors (Lipinski definition) is 5. The highest BCUT2D eigenvalue weighted by Gasteiger charge is 2.30. The third-order valence-electron chi connectivity index (χ3n) is 4.51. The van der Waals surface area contributed by atoms with Crippen molar-refractivity contribution in [3.63, 3.8) is 0 Å². The predicted octanol–water partition coefficient (Wildman–Crippen LogP) is 1.59. The van der Waals surface area contributed by atoms with Crippen molar-refractivity contribution in [1.82, 2.24) is 9.36 Å². The van der Waals surface area contributed by atoms with Gasteiger partial charge in [0.1, 0.15) is 27.7 Å². The molecule has 1 amide bonds. The lowest BCUT2D eigenvalue weighted by Crippen LogP contribution is -2.24. The van der Waals surface area contributed by atoms with E-state index < -0.39 is 21.5 Å². The summed E-state index contributed by atoms with van der Waals surface area (Å²) >= 11 is 0. The molecule has 0 aliphatic heterocycles. The van der Waals surface area contributed by atoms with Crippen LogP contribution in [0.5, 0.6) is 0 Å². The Kier molecular flexibility index (Phi) is 4.77. The van der Waals surface area contributed by atoms with Crippen LogP contribution in [0.25, 0.3) is 5.69 Å². The monoisotopic (exact) mass is 404 g/mol. The number of aromatic nitrogens is 2. The van der Waals surface area contributed by atoms with Crippen LogP contribution in [0.2, 0.25) is 0 Å². The number of nitrogens with one attached hydrogen (secondary N) is 1. The third kappa shape index (κ3) is 3.16. The number of benzene rings is 1. The molecule has 0 fully saturated rings. The molecular formula is C18H20N4O5S. The van der Waals surface area contributed by atoms with Crippen molar-refractivity contribution >= 4 is 21.6 Å². The van der Waals surface area contributed by atoms with Gasteiger partial charge in [0.15, 0.2) is 0 Å². The van der Waals surface area contributed by atoms with Crippen molar-refractivity contribution in [2.75, 3.05) is 5.32 Å². The van der Waals surface area contributed by atoms with Crippen LogP contribution < -0.4 is 16.0 Å². The van der Waals surface area contributed by atoms with E-state index in [-0.39, 0.29) is 27.7 Å². The molecule has 0 radical (unpaired) electrons. The van der Waals surface area contributed by atoms with E-state index in [9.17, 15) is 18.0 Å². The van der Waals surface area contributed by atoms with Crippen molar-refractivity contribution in [1.29, 1.82) is 0 Å². The number of nitrogens with zero attached hydrogens (tertiary/aromatic N) is 2. The van der Waals surface area contributed by atoms with Crippen LogP contribution in [-0.4, -0.2) is 23.7 Å². The number of rotatable bonds is 4. The maximum absolute atomic E-state index is 12.9. The van der Waals surface area contributed by atoms with Gasteiger partial charge in [0, 0.05) is 7.05 Å². The van der Waals surface area contributed by atoms with E-state index in [1.165, 1.54) is 18.5 Å². The largest absolute Gasteiger partial charge is 0.464 e. The number of para-hydroxylation sites is 1. The summed E-state index contributed by atoms with van der Waals surface area (Å²) in [7, 11) is -2.51. The van der Waals surface area contributed by atoms with Crippen LogP contribution >= 0.6 is 0 Å². The Morgan fingerprint density at radius 1 is 1.11 bits per heavy atom. The minimum absolute atomic E-state index is 0.0108. The lowest BCUT2D eigenvalue weighted by Gasteiger charge is -2.07. The number of amides is 1. The average Bonchev–Trinajstić information content (AvgIpc) is 3.03. The van der Waals surface area contributed by atoms with Gasteiger partial charge in [0.2, 0.25) is 10.0 Å². The molecule has 2 aromatic heterocycles. The summed E-state index contributed by atoms with van der Waals surface area (Å²) in [5.41, 5.74) is 0.495. The van der Waals surface area contributed by atoms with E-state index in [2.05, 4.69) is 5.32 Å². The first-order chi connectivity index (χ1) is 13.0. The van der Waals surface area contributed by atoms with Crippen LogP contribution in [-0.2, 0) is 17.1 Å². The summed E-state index contributed by atoms with van der Waals surface area (Å²) in [4.78, 5) is 25.4. The molecule has 3 aromatic rings. The van der Waals surface area contributed by atoms with E-state index in [0.717, 1.165) is 0 Å². The summed E-state index contributed by atoms with van der Waals surface area (Å²) in [6.45, 7) is 4.53. The normalized spacial score (nSPS) is 11.6. The molecule has 0 saturated carbocycles. The standard InChI is InChI=1S/C18H20N4O5S/c1-10-15(18(24)22(21(10)4)13-8-6-5-7-9-13)20-17(23)14-11(2)27-12(3)16(14)28(19,25)26/h5-9H,1-4H3,(H,20,23)(H2,19,25,26). The van der Waals surface area contributed by atoms with Gasteiger partial charge in [-0.25, -0.2) is 18.2 Å². The molecule has 0 unspecified atom stereocenters. The van der Waals surface area contributed by atoms with Gasteiger partial charge in [-0.15, -0.1) is 0 Å². The van der Waals surface area contributed by atoms with Crippen LogP contribution in [0.15, 0.2) is 44.4 Å². The summed E-state index contributed by atoms with van der Waals surface area (Å²) in [6.07, 6.45) is 0. The van der Waals surface area contributed by atoms with Gasteiger partial charge in [-0.05, 0) is 32.9 Å². The van der Waals surface area contributed by atoms with Gasteiger partial charge in [0.25, 0.3) is 11.5 Å². The molecule has 3 rings (SSSR count). The van der Waals surface area contributed by atoms with Crippen LogP contribution in [0.3, 0.4) is 0 Å². The van der Waals surface area contributed by atoms with Crippen LogP contribution in [0, 0.1) is 20.8 Å². The number of primary sulfonamides is 1. The highest BCUT2D eigenvalue weighted by molar-refractivity contribution is 7.89. The number of hydrogen-bond donors (Lipinski definition) is 2. The number of sulfonamides is 1. The molecule has 0 bridgehead atoms. The Balaban J connectivity index is 2.10. The zero-order valence-electron chi connectivity index (χ0n) is 15.8. The molecule has 28 heavy (non-hydrogen) atoms. The van der Waals surface area contributed by atoms with E-state index in [0.29, 0.717) is 11.4 Å². The molecule has 10 heteroatoms. The first kappa shape index (κ1) is 19.6. The van der Waals surface area contributed by atoms with Crippen molar-refractivity contribution in [2.45, 2.75) is 25.7 Å². The van der Waals surface area contributed by atoms with Crippen molar-refractivity contribution in [3.8, 4) is 5.69 Å². The third-order valence-corrected chi connectivity index (χ3v) is 5.57. The van der Waals surface area contributed by atoms with Gasteiger partial charge in [-0.3, -0.25) is 14.3 Å². The molecule has 0 atom stereocenters. The highest BCUT2D eigenvalue weighted by atomic mass is 32.2. The molecular weight excluding hydrogens is 384 g/mol. The first-order valence-electron chi connectivity index (χ1n) is 8.32. The topological polar surface area (TPSA) is 129 Å². The lowest BCUT2D eigenvalue weighted by atomic mass is 10.2. The van der Waals surface area contributed by atoms with Crippen LogP contribution in [0.1, 0.15) is 27.6 Å². The second-order valence-corrected chi connectivity index (χ2v) is 7.85. The highest BCUT2D eigenvalue weighted by Crippen LogP contribution is 2.26. The average molecular weight is 404 g/mol. The quantitative estimate of drug-likeness (QED) is 0.682. The number of furan rings is 1. The molecule has 2 heterocycles. The molecule has 0 saturated heterocycles. The Labute approximate surface area is 161 Å². The van der Waals surface area contributed by atoms with E-state index >= 15 is 0 Å². The summed E-state index contributed by atoms with van der Waals surface area (Å²) in [6, 6.07) is 8.92. The number of anilines is 1. The second-order valence-electron chi connectivity index (χ2n) is 6.35. The Bertz CT molecular complexity index is 1230. The summed E-state index contributed by atoms with van der Waals surface area (Å²) in [5, 5.41) is 7.75. The van der Waals surface area contributed by atoms with Gasteiger partial charge < -0.3 is 9.73 Å². The Morgan fingerprint density at radius 2 is 1.71 bits per heavy atom. The van der Waals surface area contributed by atoms with Gasteiger partial charge in [-0.2, -0.15) is 0 Å². The van der Waals surface area contributed by atoms with Crippen molar-refractivity contribution < 1.29 is 17.6 Å². The number of nitrogens with two attached hydrogens (primary N) is 1. The number of carbonyl (C=O) groups excluding carboxylic acids is 1. The molecule has 148 valence electrons. The minimum atomic E-state index is -4.19. The fraction of sp³-hybridized carbons (Fsp3) is 0.222. The van der Waals surface area contributed by atoms with Gasteiger partial charge in [0.05, 0.1) is 11.4 Å². The first-order valence-corrected chi connectivity index (χ1v) is 9.86. The Hall–Kier alpha value is -3.11. The second kappa shape index (κ2) is 6.80. The molecule has 1 aromatic carbocycles. The van der Waals surface area contributed by atoms with Crippen molar-refractivity contribution in [3.05, 3.63) is 63.5 Å². The molecule has 3 N–H and O–H groups in total. The molecule has 9 nitrogen and oxygen atoms in total. The SMILES string of the molecule is Cc1oc(C)c(S(N)(=O)=O)c1C(=O)Nc1c(C)n(C)n(-c2ccccc2)c1=O. The van der Waals surface area contributed by atoms with Crippen molar-refractivity contribution in [2.24, 2.45) is 12.2 Å². The zero-order valence-corrected chi connectivity index (χ0v) is 16.6. The zero-order chi connectivity index (χ0) is 20.8. The van der Waals surface area contributed by atoms with E-state index in [4.69, 9.17) is 9.56 Å². The van der Waals surface area contributed by atoms with E-state index in [1.54, 1.807) is 42.9 Å². The minimum Gasteiger partial charge on any atom is -0.464 e. The molecule has 0 spiro atoms. The summed E-state index contributed by atoms with van der Waals surface area (Å²) in [5.74, 6) is -0.683. The maximum atomic E-state index is 12.9. The maximum Gasteiger partial charge on any atom is 0.295 e. The fourth-order valence-electron chi connectivity index (χ4n) is 3.16. The fourth-order valence-corrected chi connectivity index (χ4v) is 4.12. The van der Waals surface area contributed by atoms with E-state index in [1.807, 2.05) is 6.07 Å². The number of aryl methyl sites for hydroxylation is 2. The Morgan fingerprint density at radius 3 is 2.29 bits per heavy atom. The lowest BCUT2D eigenvalue weighted by molar-refractivity contribution is 0.102. The van der Waals surface area contributed by atoms with Gasteiger partial charge >= 0.3 is 0 Å². The predicted molar refractivity (Wildman–Crippen MR) is 103 cm³/mol. The van der Waals surface area contributed by atoms with Crippen LogP contribution in [0.4, 0.5) is 5.69 Å². The smallest absolute Gasteiger partial charge is 0.295 e. The number of carbonyl (C=O) groups is 1. The summed E-state index contributed by atoms with van der Waals surface area (Å²) < 4.78 is 32.1. The van der Waals surface area contributed by atoms with Gasteiger partial charge in [-0.1, -0.05) is 18.2 Å². The molecule has 0 aliphatic carbocycles. The molecule has 0 aliphatic rings.